The van der Waals surface area contributed by atoms with Crippen molar-refractivity contribution in [1.29, 1.82) is 0 Å². The van der Waals surface area contributed by atoms with E-state index in [4.69, 9.17) is 35.3 Å². The van der Waals surface area contributed by atoms with Gasteiger partial charge in [-0.15, -0.1) is 0 Å². The average Bonchev–Trinajstić information content (AvgIpc) is 2.91. The van der Waals surface area contributed by atoms with Crippen LogP contribution in [-0.2, 0) is 38.0 Å². The topological polar surface area (TPSA) is 130 Å². The number of amides is 2. The van der Waals surface area contributed by atoms with Crippen molar-refractivity contribution in [3.8, 4) is 0 Å². The number of nitrogens with zero attached hydrogens (tertiary/aromatic N) is 2. The van der Waals surface area contributed by atoms with Gasteiger partial charge in [-0.1, -0.05) is 11.6 Å². The monoisotopic (exact) mass is 610 g/mol. The first-order valence-electron chi connectivity index (χ1n) is 13.6. The van der Waals surface area contributed by atoms with Gasteiger partial charge in [0.25, 0.3) is 0 Å². The van der Waals surface area contributed by atoms with Crippen LogP contribution in [0.3, 0.4) is 0 Å². The third kappa shape index (κ3) is 14.9. The van der Waals surface area contributed by atoms with Gasteiger partial charge in [-0.25, -0.2) is 9.59 Å². The first-order valence-corrected chi connectivity index (χ1v) is 14.2. The second-order valence-electron chi connectivity index (χ2n) is 11.8. The minimum Gasteiger partial charge on any atom is -0.469 e. The molecular formula is C28H51ClN2O10. The van der Waals surface area contributed by atoms with Gasteiger partial charge in [-0.05, 0) is 67.2 Å². The highest BCUT2D eigenvalue weighted by molar-refractivity contribution is 6.17. The molecule has 2 amide bonds. The quantitative estimate of drug-likeness (QED) is 0.250. The van der Waals surface area contributed by atoms with E-state index >= 15 is 0 Å². The highest BCUT2D eigenvalue weighted by Gasteiger charge is 2.44. The lowest BCUT2D eigenvalue weighted by atomic mass is 9.79. The van der Waals surface area contributed by atoms with Crippen molar-refractivity contribution in [2.75, 3.05) is 67.3 Å². The van der Waals surface area contributed by atoms with Gasteiger partial charge in [0.15, 0.2) is 0 Å². The summed E-state index contributed by atoms with van der Waals surface area (Å²) in [5, 5.41) is 0. The molecule has 0 aliphatic carbocycles. The number of alkyl halides is 1. The van der Waals surface area contributed by atoms with Crippen molar-refractivity contribution in [1.82, 2.24) is 9.80 Å². The predicted molar refractivity (Wildman–Crippen MR) is 154 cm³/mol. The molecule has 0 aromatic carbocycles. The summed E-state index contributed by atoms with van der Waals surface area (Å²) in [7, 11) is 5.88. The number of esters is 2. The van der Waals surface area contributed by atoms with Crippen molar-refractivity contribution < 1.29 is 47.6 Å². The van der Waals surface area contributed by atoms with Crippen molar-refractivity contribution in [2.45, 2.75) is 78.4 Å². The average molecular weight is 611 g/mol. The molecular weight excluding hydrogens is 560 g/mol. The normalized spacial score (nSPS) is 17.1. The Morgan fingerprint density at radius 3 is 1.46 bits per heavy atom. The predicted octanol–water partition coefficient (Wildman–Crippen LogP) is 4.46. The highest BCUT2D eigenvalue weighted by atomic mass is 35.5. The zero-order valence-electron chi connectivity index (χ0n) is 26.5. The zero-order valence-corrected chi connectivity index (χ0v) is 27.3. The van der Waals surface area contributed by atoms with E-state index in [0.717, 1.165) is 0 Å². The van der Waals surface area contributed by atoms with E-state index in [0.29, 0.717) is 64.5 Å². The first-order chi connectivity index (χ1) is 19.0. The van der Waals surface area contributed by atoms with E-state index in [9.17, 15) is 19.2 Å². The fourth-order valence-electron chi connectivity index (χ4n) is 4.13. The fraction of sp³-hybridized carbons (Fsp3) is 0.857. The number of carbonyl (C=O) groups excluding carboxylic acids is 4. The molecule has 2 fully saturated rings. The second-order valence-corrected chi connectivity index (χ2v) is 12.1. The number of hydrogen-bond acceptors (Lipinski definition) is 10. The molecule has 0 aromatic heterocycles. The molecule has 2 heterocycles. The Labute approximate surface area is 250 Å². The number of halogens is 1. The molecule has 0 atom stereocenters. The lowest BCUT2D eigenvalue weighted by Gasteiger charge is -2.39. The van der Waals surface area contributed by atoms with E-state index < -0.39 is 16.6 Å². The van der Waals surface area contributed by atoms with Gasteiger partial charge < -0.3 is 38.2 Å². The van der Waals surface area contributed by atoms with Crippen molar-refractivity contribution in [3.05, 3.63) is 0 Å². The summed E-state index contributed by atoms with van der Waals surface area (Å²) in [6, 6.07) is 0.292. The van der Waals surface area contributed by atoms with Crippen LogP contribution < -0.4 is 0 Å². The number of ether oxygens (including phenoxy) is 6. The molecule has 2 saturated heterocycles. The maximum Gasteiger partial charge on any atom is 0.410 e. The summed E-state index contributed by atoms with van der Waals surface area (Å²) >= 11 is 4.96. The smallest absolute Gasteiger partial charge is 0.410 e. The molecule has 2 aliphatic rings. The Balaban J connectivity index is 0.000000697. The molecule has 0 N–H and O–H groups in total. The molecule has 0 saturated carbocycles. The maximum absolute atomic E-state index is 12.0. The van der Waals surface area contributed by atoms with Gasteiger partial charge in [-0.3, -0.25) is 9.59 Å². The molecule has 0 aromatic rings. The third-order valence-electron chi connectivity index (χ3n) is 6.20. The summed E-state index contributed by atoms with van der Waals surface area (Å²) in [5.41, 5.74) is -1.64. The van der Waals surface area contributed by atoms with Crippen LogP contribution >= 0.6 is 11.6 Å². The minimum absolute atomic E-state index is 0.0845. The van der Waals surface area contributed by atoms with Gasteiger partial charge in [0.2, 0.25) is 0 Å². The van der Waals surface area contributed by atoms with E-state index in [1.807, 2.05) is 41.5 Å². The van der Waals surface area contributed by atoms with Crippen LogP contribution in [0.4, 0.5) is 9.59 Å². The Hall–Kier alpha value is -2.31. The summed E-state index contributed by atoms with van der Waals surface area (Å²) < 4.78 is 29.6. The van der Waals surface area contributed by atoms with E-state index in [1.165, 1.54) is 14.2 Å². The number of likely N-dealkylation sites (tertiary alicyclic amines) is 2. The molecule has 41 heavy (non-hydrogen) atoms. The Bertz CT molecular complexity index is 808. The second kappa shape index (κ2) is 18.3. The van der Waals surface area contributed by atoms with Crippen LogP contribution in [0.2, 0.25) is 0 Å². The molecule has 0 unspecified atom stereocenters. The van der Waals surface area contributed by atoms with Gasteiger partial charge >= 0.3 is 24.1 Å². The molecule has 0 bridgehead atoms. The molecule has 12 nitrogen and oxygen atoms in total. The van der Waals surface area contributed by atoms with Gasteiger partial charge in [0.1, 0.15) is 17.3 Å². The van der Waals surface area contributed by atoms with Crippen molar-refractivity contribution in [3.63, 3.8) is 0 Å². The van der Waals surface area contributed by atoms with E-state index in [-0.39, 0.29) is 30.0 Å². The maximum atomic E-state index is 12.0. The zero-order chi connectivity index (χ0) is 31.9. The highest BCUT2D eigenvalue weighted by Crippen LogP contribution is 2.33. The fourth-order valence-corrected chi connectivity index (χ4v) is 4.13. The van der Waals surface area contributed by atoms with E-state index in [2.05, 4.69) is 4.74 Å². The van der Waals surface area contributed by atoms with Crippen molar-refractivity contribution >= 4 is 35.7 Å². The van der Waals surface area contributed by atoms with Crippen LogP contribution in [0.15, 0.2) is 0 Å². The van der Waals surface area contributed by atoms with Gasteiger partial charge in [0.05, 0.1) is 32.2 Å². The summed E-state index contributed by atoms with van der Waals surface area (Å²) in [6.07, 6.45) is 1.69. The first kappa shape index (κ1) is 38.7. The summed E-state index contributed by atoms with van der Waals surface area (Å²) in [4.78, 5) is 50.3. The lowest BCUT2D eigenvalue weighted by Crippen LogP contribution is -2.50. The number of carbonyl (C=O) groups is 4. The third-order valence-corrected chi connectivity index (χ3v) is 6.42. The molecule has 2 aliphatic heterocycles. The number of hydrogen-bond donors (Lipinski definition) is 0. The Morgan fingerprint density at radius 1 is 0.732 bits per heavy atom. The van der Waals surface area contributed by atoms with Crippen LogP contribution in [0.5, 0.6) is 0 Å². The Morgan fingerprint density at radius 2 is 1.15 bits per heavy atom. The largest absolute Gasteiger partial charge is 0.469 e. The minimum atomic E-state index is -0.651. The van der Waals surface area contributed by atoms with Crippen LogP contribution in [-0.4, -0.2) is 112 Å². The Kier molecular flexibility index (Phi) is 17.2. The molecule has 0 spiro atoms. The summed E-state index contributed by atoms with van der Waals surface area (Å²) in [6.45, 7) is 13.4. The molecule has 2 rings (SSSR count). The standard InChI is InChI=1S/C14H25NO5.C12H21NO4.C2H5ClO/c1-13(2,3)20-12(17)15-8-6-14(7-9-15,10-18-4)11(16)19-5;1-12(2,3)17-11(15)13-7-5-9(6-8-13)10(14)16-4;1-4-2-3/h6-10H2,1-5H3;9H,5-8H2,1-4H3;2H2,1H3. The van der Waals surface area contributed by atoms with Crippen molar-refractivity contribution in [2.24, 2.45) is 11.3 Å². The molecule has 0 radical (unpaired) electrons. The SMILES string of the molecule is COC(=O)C1CCN(C(=O)OC(C)(C)C)CC1.COCC1(C(=O)OC)CCN(C(=O)OC(C)(C)C)CC1.COCCl. The van der Waals surface area contributed by atoms with Crippen LogP contribution in [0.1, 0.15) is 67.2 Å². The molecule has 13 heteroatoms. The van der Waals surface area contributed by atoms with E-state index in [1.54, 1.807) is 24.0 Å². The number of piperidine rings is 2. The van der Waals surface area contributed by atoms with Crippen LogP contribution in [0, 0.1) is 11.3 Å². The number of methoxy groups -OCH3 is 4. The number of rotatable bonds is 5. The molecule has 240 valence electrons. The lowest BCUT2D eigenvalue weighted by molar-refractivity contribution is -0.160. The van der Waals surface area contributed by atoms with Gasteiger partial charge in [0, 0.05) is 40.4 Å². The van der Waals surface area contributed by atoms with Gasteiger partial charge in [-0.2, -0.15) is 0 Å². The van der Waals surface area contributed by atoms with Crippen LogP contribution in [0.25, 0.3) is 0 Å². The summed E-state index contributed by atoms with van der Waals surface area (Å²) in [5.74, 6) is -0.546.